The van der Waals surface area contributed by atoms with Crippen LogP contribution in [-0.4, -0.2) is 22.8 Å². The fourth-order valence-corrected chi connectivity index (χ4v) is 2.61. The molecule has 4 rings (SSSR count). The van der Waals surface area contributed by atoms with Gasteiger partial charge in [0.05, 0.1) is 13.2 Å². The molecule has 1 aliphatic heterocycles. The highest BCUT2D eigenvalue weighted by atomic mass is 16.5. The van der Waals surface area contributed by atoms with E-state index in [9.17, 15) is 0 Å². The fourth-order valence-electron chi connectivity index (χ4n) is 2.61. The molecule has 0 atom stereocenters. The average Bonchev–Trinajstić information content (AvgIpc) is 3.02. The van der Waals surface area contributed by atoms with Gasteiger partial charge < -0.3 is 14.5 Å². The van der Waals surface area contributed by atoms with E-state index in [0.29, 0.717) is 19.1 Å². The highest BCUT2D eigenvalue weighted by molar-refractivity contribution is 5.55. The maximum Gasteiger partial charge on any atom is 0.247 e. The van der Waals surface area contributed by atoms with E-state index >= 15 is 0 Å². The lowest BCUT2D eigenvalue weighted by atomic mass is 10.1. The number of hydrogen-bond donors (Lipinski definition) is 1. The number of fused-ring (bicyclic) bond motifs is 1. The molecule has 1 aliphatic carbocycles. The van der Waals surface area contributed by atoms with Crippen molar-refractivity contribution in [3.05, 3.63) is 35.2 Å². The molecule has 0 unspecified atom stereocenters. The standard InChI is InChI=1S/C16H19N3O2/c1(7-17-14-5-6-14)2-15-18-19-16(21-15)11-3-4-12-9-20-10-13(12)8-11/h3-4,8,14,17H,1-2,5-7,9-10H2. The second-order valence-electron chi connectivity index (χ2n) is 5.81. The maximum atomic E-state index is 5.76. The number of nitrogens with one attached hydrogen (secondary N) is 1. The molecule has 2 aliphatic rings. The number of aromatic nitrogens is 2. The summed E-state index contributed by atoms with van der Waals surface area (Å²) in [5.74, 6) is 1.33. The molecule has 0 spiro atoms. The minimum absolute atomic E-state index is 0.606. The smallest absolute Gasteiger partial charge is 0.247 e. The van der Waals surface area contributed by atoms with Crippen LogP contribution in [0.1, 0.15) is 36.3 Å². The van der Waals surface area contributed by atoms with E-state index < -0.39 is 0 Å². The van der Waals surface area contributed by atoms with Gasteiger partial charge in [0, 0.05) is 18.0 Å². The minimum atomic E-state index is 0.606. The first kappa shape index (κ1) is 13.0. The third kappa shape index (κ3) is 2.99. The van der Waals surface area contributed by atoms with Crippen LogP contribution >= 0.6 is 0 Å². The minimum Gasteiger partial charge on any atom is -0.421 e. The summed E-state index contributed by atoms with van der Waals surface area (Å²) in [5, 5.41) is 11.8. The van der Waals surface area contributed by atoms with Gasteiger partial charge in [-0.15, -0.1) is 10.2 Å². The van der Waals surface area contributed by atoms with Gasteiger partial charge in [0.2, 0.25) is 11.8 Å². The van der Waals surface area contributed by atoms with Crippen LogP contribution in [0.4, 0.5) is 0 Å². The molecule has 0 amide bonds. The normalized spacial score (nSPS) is 17.1. The van der Waals surface area contributed by atoms with Crippen LogP contribution in [0.15, 0.2) is 22.6 Å². The SMILES string of the molecule is c1cc2c(cc1-c1nnc(CCCNC3CC3)o1)COC2. The lowest BCUT2D eigenvalue weighted by molar-refractivity contribution is 0.134. The van der Waals surface area contributed by atoms with Crippen molar-refractivity contribution in [1.29, 1.82) is 0 Å². The number of rotatable bonds is 6. The fraction of sp³-hybridized carbons (Fsp3) is 0.500. The lowest BCUT2D eigenvalue weighted by Crippen LogP contribution is -2.17. The van der Waals surface area contributed by atoms with Crippen LogP contribution in [-0.2, 0) is 24.4 Å². The summed E-state index contributed by atoms with van der Waals surface area (Å²) < 4.78 is 11.2. The summed E-state index contributed by atoms with van der Waals surface area (Å²) in [6.07, 6.45) is 4.52. The van der Waals surface area contributed by atoms with Gasteiger partial charge in [-0.05, 0) is 49.1 Å². The van der Waals surface area contributed by atoms with Crippen LogP contribution in [0.3, 0.4) is 0 Å². The van der Waals surface area contributed by atoms with Gasteiger partial charge in [-0.2, -0.15) is 0 Å². The molecule has 21 heavy (non-hydrogen) atoms. The molecule has 0 saturated heterocycles. The van der Waals surface area contributed by atoms with Gasteiger partial charge >= 0.3 is 0 Å². The van der Waals surface area contributed by atoms with E-state index in [4.69, 9.17) is 9.15 Å². The van der Waals surface area contributed by atoms with Gasteiger partial charge in [0.15, 0.2) is 0 Å². The van der Waals surface area contributed by atoms with Crippen LogP contribution in [0.25, 0.3) is 11.5 Å². The van der Waals surface area contributed by atoms with Gasteiger partial charge in [0.25, 0.3) is 0 Å². The van der Waals surface area contributed by atoms with Crippen molar-refractivity contribution in [3.63, 3.8) is 0 Å². The number of nitrogens with zero attached hydrogens (tertiary/aromatic N) is 2. The molecule has 0 bridgehead atoms. The van der Waals surface area contributed by atoms with E-state index in [1.807, 2.05) is 6.07 Å². The summed E-state index contributed by atoms with van der Waals surface area (Å²) in [7, 11) is 0. The molecule has 1 N–H and O–H groups in total. The Kier molecular flexibility index (Phi) is 3.45. The van der Waals surface area contributed by atoms with Crippen molar-refractivity contribution in [2.75, 3.05) is 6.54 Å². The lowest BCUT2D eigenvalue weighted by Gasteiger charge is -2.00. The van der Waals surface area contributed by atoms with Crippen molar-refractivity contribution < 1.29 is 9.15 Å². The average molecular weight is 285 g/mol. The predicted octanol–water partition coefficient (Wildman–Crippen LogP) is 2.45. The molecule has 5 heteroatoms. The highest BCUT2D eigenvalue weighted by Crippen LogP contribution is 2.26. The van der Waals surface area contributed by atoms with E-state index in [0.717, 1.165) is 36.9 Å². The van der Waals surface area contributed by atoms with Crippen LogP contribution in [0.5, 0.6) is 0 Å². The van der Waals surface area contributed by atoms with Crippen molar-refractivity contribution in [2.45, 2.75) is 44.9 Å². The second kappa shape index (κ2) is 5.58. The zero-order chi connectivity index (χ0) is 14.1. The first-order valence-electron chi connectivity index (χ1n) is 7.64. The maximum absolute atomic E-state index is 5.76. The Morgan fingerprint density at radius 1 is 1.14 bits per heavy atom. The van der Waals surface area contributed by atoms with Crippen LogP contribution in [0, 0.1) is 0 Å². The van der Waals surface area contributed by atoms with Crippen LogP contribution < -0.4 is 5.32 Å². The Hall–Kier alpha value is -1.72. The van der Waals surface area contributed by atoms with Gasteiger partial charge in [-0.25, -0.2) is 0 Å². The Labute approximate surface area is 123 Å². The molecular formula is C16H19N3O2. The van der Waals surface area contributed by atoms with Gasteiger partial charge in [-0.3, -0.25) is 0 Å². The van der Waals surface area contributed by atoms with E-state index in [1.165, 1.54) is 24.0 Å². The summed E-state index contributed by atoms with van der Waals surface area (Å²) in [5.41, 5.74) is 3.46. The van der Waals surface area contributed by atoms with E-state index in [1.54, 1.807) is 0 Å². The molecule has 110 valence electrons. The molecule has 1 fully saturated rings. The Balaban J connectivity index is 1.39. The summed E-state index contributed by atoms with van der Waals surface area (Å²) in [6.45, 7) is 2.41. The summed E-state index contributed by atoms with van der Waals surface area (Å²) in [6, 6.07) is 6.96. The molecule has 5 nitrogen and oxygen atoms in total. The van der Waals surface area contributed by atoms with Crippen molar-refractivity contribution in [1.82, 2.24) is 15.5 Å². The topological polar surface area (TPSA) is 60.2 Å². The predicted molar refractivity (Wildman–Crippen MR) is 77.6 cm³/mol. The Bertz CT molecular complexity index is 634. The number of hydrogen-bond acceptors (Lipinski definition) is 5. The van der Waals surface area contributed by atoms with Gasteiger partial charge in [0.1, 0.15) is 0 Å². The number of ether oxygens (including phenoxy) is 1. The zero-order valence-electron chi connectivity index (χ0n) is 12.0. The van der Waals surface area contributed by atoms with Crippen LogP contribution in [0.2, 0.25) is 0 Å². The second-order valence-corrected chi connectivity index (χ2v) is 5.81. The monoisotopic (exact) mass is 285 g/mol. The number of aryl methyl sites for hydroxylation is 1. The zero-order valence-corrected chi connectivity index (χ0v) is 12.0. The van der Waals surface area contributed by atoms with Gasteiger partial charge in [-0.1, -0.05) is 6.07 Å². The van der Waals surface area contributed by atoms with E-state index in [-0.39, 0.29) is 0 Å². The summed E-state index contributed by atoms with van der Waals surface area (Å²) in [4.78, 5) is 0. The summed E-state index contributed by atoms with van der Waals surface area (Å²) >= 11 is 0. The molecular weight excluding hydrogens is 266 g/mol. The Morgan fingerprint density at radius 3 is 2.95 bits per heavy atom. The van der Waals surface area contributed by atoms with Crippen molar-refractivity contribution in [3.8, 4) is 11.5 Å². The third-order valence-electron chi connectivity index (χ3n) is 4.01. The number of benzene rings is 1. The molecule has 1 aromatic carbocycles. The highest BCUT2D eigenvalue weighted by Gasteiger charge is 2.19. The van der Waals surface area contributed by atoms with E-state index in [2.05, 4.69) is 27.6 Å². The first-order chi connectivity index (χ1) is 10.4. The third-order valence-corrected chi connectivity index (χ3v) is 4.01. The molecule has 2 heterocycles. The Morgan fingerprint density at radius 2 is 2.05 bits per heavy atom. The molecule has 0 radical (unpaired) electrons. The molecule has 1 aromatic heterocycles. The quantitative estimate of drug-likeness (QED) is 0.826. The first-order valence-corrected chi connectivity index (χ1v) is 7.64. The largest absolute Gasteiger partial charge is 0.421 e. The molecule has 1 saturated carbocycles. The van der Waals surface area contributed by atoms with Crippen molar-refractivity contribution in [2.24, 2.45) is 0 Å². The van der Waals surface area contributed by atoms with Crippen molar-refractivity contribution >= 4 is 0 Å². The molecule has 2 aromatic rings.